The van der Waals surface area contributed by atoms with E-state index in [1.54, 1.807) is 0 Å². The molecule has 3 atom stereocenters. The maximum atomic E-state index is 4.65. The molecule has 5 nitrogen and oxygen atoms in total. The Labute approximate surface area is 108 Å². The van der Waals surface area contributed by atoms with Crippen molar-refractivity contribution in [3.05, 3.63) is 12.3 Å². The molecule has 3 unspecified atom stereocenters. The molecule has 2 aliphatic heterocycles. The number of hydrogen-bond acceptors (Lipinski definition) is 5. The lowest BCUT2D eigenvalue weighted by Gasteiger charge is -2.26. The molecule has 0 saturated carbocycles. The molecule has 3 rings (SSSR count). The summed E-state index contributed by atoms with van der Waals surface area (Å²) < 4.78 is 0. The Morgan fingerprint density at radius 3 is 2.94 bits per heavy atom. The molecule has 98 valence electrons. The van der Waals surface area contributed by atoms with Crippen molar-refractivity contribution in [1.29, 1.82) is 0 Å². The highest BCUT2D eigenvalue weighted by atomic mass is 15.3. The van der Waals surface area contributed by atoms with Crippen molar-refractivity contribution in [2.45, 2.75) is 13.0 Å². The standard InChI is InChI=1S/C13H21N5/c1-9-11-7-14-6-10(11)8-18(9)12-4-5-15-13(16-12)17(2)3/h4-5,9-11,14H,6-8H2,1-3H3. The van der Waals surface area contributed by atoms with E-state index in [0.29, 0.717) is 6.04 Å². The van der Waals surface area contributed by atoms with E-state index < -0.39 is 0 Å². The van der Waals surface area contributed by atoms with E-state index in [2.05, 4.69) is 27.1 Å². The van der Waals surface area contributed by atoms with Gasteiger partial charge in [-0.1, -0.05) is 0 Å². The molecule has 1 aromatic rings. The molecule has 0 radical (unpaired) electrons. The maximum Gasteiger partial charge on any atom is 0.226 e. The molecular formula is C13H21N5. The fourth-order valence-corrected chi connectivity index (χ4v) is 3.18. The van der Waals surface area contributed by atoms with Gasteiger partial charge in [0.15, 0.2) is 0 Å². The van der Waals surface area contributed by atoms with Crippen LogP contribution in [-0.4, -0.2) is 49.7 Å². The van der Waals surface area contributed by atoms with E-state index in [0.717, 1.165) is 43.2 Å². The van der Waals surface area contributed by atoms with Crippen LogP contribution in [0.5, 0.6) is 0 Å². The first kappa shape index (κ1) is 11.7. The molecule has 2 fully saturated rings. The lowest BCUT2D eigenvalue weighted by atomic mass is 9.95. The molecule has 2 saturated heterocycles. The fourth-order valence-electron chi connectivity index (χ4n) is 3.18. The quantitative estimate of drug-likeness (QED) is 0.828. The van der Waals surface area contributed by atoms with Gasteiger partial charge < -0.3 is 15.1 Å². The molecule has 1 N–H and O–H groups in total. The number of nitrogens with zero attached hydrogens (tertiary/aromatic N) is 4. The lowest BCUT2D eigenvalue weighted by Crippen LogP contribution is -2.34. The predicted molar refractivity (Wildman–Crippen MR) is 73.0 cm³/mol. The van der Waals surface area contributed by atoms with Crippen molar-refractivity contribution in [3.63, 3.8) is 0 Å². The Bertz CT molecular complexity index is 433. The summed E-state index contributed by atoms with van der Waals surface area (Å²) in [6, 6.07) is 2.59. The first-order valence-electron chi connectivity index (χ1n) is 6.64. The van der Waals surface area contributed by atoms with Crippen LogP contribution in [0, 0.1) is 11.8 Å². The maximum absolute atomic E-state index is 4.65. The molecule has 0 amide bonds. The number of rotatable bonds is 2. The van der Waals surface area contributed by atoms with Crippen molar-refractivity contribution in [2.24, 2.45) is 11.8 Å². The van der Waals surface area contributed by atoms with Gasteiger partial charge in [0.05, 0.1) is 0 Å². The van der Waals surface area contributed by atoms with Crippen molar-refractivity contribution in [3.8, 4) is 0 Å². The van der Waals surface area contributed by atoms with Crippen LogP contribution < -0.4 is 15.1 Å². The van der Waals surface area contributed by atoms with Gasteiger partial charge in [-0.3, -0.25) is 0 Å². The Morgan fingerprint density at radius 2 is 2.22 bits per heavy atom. The summed E-state index contributed by atoms with van der Waals surface area (Å²) in [6.07, 6.45) is 1.86. The summed E-state index contributed by atoms with van der Waals surface area (Å²) in [7, 11) is 3.95. The first-order chi connectivity index (χ1) is 8.66. The highest BCUT2D eigenvalue weighted by Gasteiger charge is 2.42. The summed E-state index contributed by atoms with van der Waals surface area (Å²) in [4.78, 5) is 13.3. The average Bonchev–Trinajstić information content (AvgIpc) is 2.93. The van der Waals surface area contributed by atoms with Crippen molar-refractivity contribution < 1.29 is 0 Å². The summed E-state index contributed by atoms with van der Waals surface area (Å²) >= 11 is 0. The van der Waals surface area contributed by atoms with Gasteiger partial charge in [-0.2, -0.15) is 4.98 Å². The van der Waals surface area contributed by atoms with Crippen LogP contribution >= 0.6 is 0 Å². The summed E-state index contributed by atoms with van der Waals surface area (Å²) in [5.74, 6) is 3.39. The smallest absolute Gasteiger partial charge is 0.226 e. The number of anilines is 2. The monoisotopic (exact) mass is 247 g/mol. The van der Waals surface area contributed by atoms with E-state index in [-0.39, 0.29) is 0 Å². The Balaban J connectivity index is 1.85. The molecule has 0 aromatic carbocycles. The van der Waals surface area contributed by atoms with Gasteiger partial charge in [0, 0.05) is 46.0 Å². The zero-order chi connectivity index (χ0) is 12.7. The van der Waals surface area contributed by atoms with E-state index in [1.807, 2.05) is 31.3 Å². The van der Waals surface area contributed by atoms with Crippen LogP contribution in [0.2, 0.25) is 0 Å². The SMILES string of the molecule is CC1C2CNCC2CN1c1ccnc(N(C)C)n1. The fraction of sp³-hybridized carbons (Fsp3) is 0.692. The third kappa shape index (κ3) is 1.82. The topological polar surface area (TPSA) is 44.3 Å². The molecule has 5 heteroatoms. The normalized spacial score (nSPS) is 30.6. The number of aromatic nitrogens is 2. The van der Waals surface area contributed by atoms with Gasteiger partial charge in [-0.15, -0.1) is 0 Å². The number of nitrogens with one attached hydrogen (secondary N) is 1. The molecule has 1 aromatic heterocycles. The minimum absolute atomic E-state index is 0.565. The van der Waals surface area contributed by atoms with Crippen molar-refractivity contribution >= 4 is 11.8 Å². The average molecular weight is 247 g/mol. The Hall–Kier alpha value is -1.36. The Morgan fingerprint density at radius 1 is 1.39 bits per heavy atom. The van der Waals surface area contributed by atoms with Gasteiger partial charge in [0.2, 0.25) is 5.95 Å². The number of hydrogen-bond donors (Lipinski definition) is 1. The number of fused-ring (bicyclic) bond motifs is 1. The van der Waals surface area contributed by atoms with E-state index in [1.165, 1.54) is 0 Å². The van der Waals surface area contributed by atoms with E-state index in [4.69, 9.17) is 0 Å². The van der Waals surface area contributed by atoms with Crippen LogP contribution in [0.3, 0.4) is 0 Å². The highest BCUT2D eigenvalue weighted by Crippen LogP contribution is 2.35. The first-order valence-corrected chi connectivity index (χ1v) is 6.64. The minimum atomic E-state index is 0.565. The second kappa shape index (κ2) is 4.39. The zero-order valence-corrected chi connectivity index (χ0v) is 11.3. The highest BCUT2D eigenvalue weighted by molar-refractivity contribution is 5.45. The molecule has 0 aliphatic carbocycles. The van der Waals surface area contributed by atoms with E-state index >= 15 is 0 Å². The van der Waals surface area contributed by atoms with Gasteiger partial charge >= 0.3 is 0 Å². The lowest BCUT2D eigenvalue weighted by molar-refractivity contribution is 0.471. The molecular weight excluding hydrogens is 226 g/mol. The van der Waals surface area contributed by atoms with Gasteiger partial charge in [-0.05, 0) is 24.8 Å². The zero-order valence-electron chi connectivity index (χ0n) is 11.3. The second-order valence-corrected chi connectivity index (χ2v) is 5.58. The van der Waals surface area contributed by atoms with Crippen LogP contribution in [0.15, 0.2) is 12.3 Å². The summed E-state index contributed by atoms with van der Waals surface area (Å²) in [5.41, 5.74) is 0. The van der Waals surface area contributed by atoms with Crippen molar-refractivity contribution in [1.82, 2.24) is 15.3 Å². The van der Waals surface area contributed by atoms with E-state index in [9.17, 15) is 0 Å². The molecule has 0 bridgehead atoms. The van der Waals surface area contributed by atoms with Crippen LogP contribution in [0.25, 0.3) is 0 Å². The summed E-state index contributed by atoms with van der Waals surface area (Å²) in [6.45, 7) is 5.73. The third-order valence-corrected chi connectivity index (χ3v) is 4.26. The van der Waals surface area contributed by atoms with Crippen LogP contribution in [-0.2, 0) is 0 Å². The van der Waals surface area contributed by atoms with Crippen LogP contribution in [0.4, 0.5) is 11.8 Å². The second-order valence-electron chi connectivity index (χ2n) is 5.58. The van der Waals surface area contributed by atoms with Crippen molar-refractivity contribution in [2.75, 3.05) is 43.5 Å². The minimum Gasteiger partial charge on any atom is -0.353 e. The molecule has 2 aliphatic rings. The molecule has 18 heavy (non-hydrogen) atoms. The largest absolute Gasteiger partial charge is 0.353 e. The molecule has 3 heterocycles. The van der Waals surface area contributed by atoms with Gasteiger partial charge in [-0.25, -0.2) is 4.98 Å². The van der Waals surface area contributed by atoms with Gasteiger partial charge in [0.25, 0.3) is 0 Å². The molecule has 0 spiro atoms. The van der Waals surface area contributed by atoms with Gasteiger partial charge in [0.1, 0.15) is 5.82 Å². The predicted octanol–water partition coefficient (Wildman–Crippen LogP) is 0.587. The van der Waals surface area contributed by atoms with Crippen LogP contribution in [0.1, 0.15) is 6.92 Å². The third-order valence-electron chi connectivity index (χ3n) is 4.26. The summed E-state index contributed by atoms with van der Waals surface area (Å²) in [5, 5.41) is 3.49. The Kier molecular flexibility index (Phi) is 2.86.